The summed E-state index contributed by atoms with van der Waals surface area (Å²) < 4.78 is 5.94. The molecule has 0 saturated carbocycles. The van der Waals surface area contributed by atoms with Crippen LogP contribution in [0.5, 0.6) is 5.75 Å². The smallest absolute Gasteiger partial charge is 0.119 e. The summed E-state index contributed by atoms with van der Waals surface area (Å²) in [5.74, 6) is 2.80. The molecule has 1 unspecified atom stereocenters. The Kier molecular flexibility index (Phi) is 12.3. The molecule has 0 bridgehead atoms. The summed E-state index contributed by atoms with van der Waals surface area (Å²) in [6.45, 7) is 5.42. The third-order valence-electron chi connectivity index (χ3n) is 5.88. The van der Waals surface area contributed by atoms with Crippen LogP contribution in [0.2, 0.25) is 0 Å². The molecule has 29 heavy (non-hydrogen) atoms. The number of nitrogens with zero attached hydrogens (tertiary/aromatic N) is 1. The number of H-pyrrole nitrogens is 1. The first-order valence-corrected chi connectivity index (χ1v) is 12.0. The van der Waals surface area contributed by atoms with Gasteiger partial charge in [0, 0.05) is 18.8 Å². The van der Waals surface area contributed by atoms with E-state index in [1.54, 1.807) is 0 Å². The Morgan fingerprint density at radius 2 is 1.59 bits per heavy atom. The molecule has 0 aliphatic carbocycles. The van der Waals surface area contributed by atoms with Crippen molar-refractivity contribution in [2.75, 3.05) is 6.61 Å². The van der Waals surface area contributed by atoms with Gasteiger partial charge in [-0.15, -0.1) is 0 Å². The Labute approximate surface area is 178 Å². The third-order valence-corrected chi connectivity index (χ3v) is 5.88. The lowest BCUT2D eigenvalue weighted by molar-refractivity contribution is 0.304. The second kappa shape index (κ2) is 15.1. The minimum Gasteiger partial charge on any atom is -0.494 e. The summed E-state index contributed by atoms with van der Waals surface area (Å²) in [6, 6.07) is 8.88. The molecule has 1 N–H and O–H groups in total. The van der Waals surface area contributed by atoms with Gasteiger partial charge in [-0.25, -0.2) is 4.98 Å². The predicted octanol–water partition coefficient (Wildman–Crippen LogP) is 7.84. The molecule has 0 fully saturated rings. The molecular weight excluding hydrogens is 356 g/mol. The number of hydrogen-bond donors (Lipinski definition) is 1. The molecule has 3 heteroatoms. The zero-order valence-corrected chi connectivity index (χ0v) is 18.8. The summed E-state index contributed by atoms with van der Waals surface area (Å²) in [6.07, 6.45) is 20.3. The second-order valence-corrected chi connectivity index (χ2v) is 8.28. The highest BCUT2D eigenvalue weighted by Gasteiger charge is 2.09. The number of hydrogen-bond acceptors (Lipinski definition) is 2. The van der Waals surface area contributed by atoms with E-state index in [0.717, 1.165) is 24.6 Å². The quantitative estimate of drug-likeness (QED) is 0.276. The van der Waals surface area contributed by atoms with Gasteiger partial charge in [-0.2, -0.15) is 0 Å². The molecule has 0 aliphatic rings. The summed E-state index contributed by atoms with van der Waals surface area (Å²) in [5, 5.41) is 0. The third kappa shape index (κ3) is 10.0. The number of aromatic nitrogens is 2. The van der Waals surface area contributed by atoms with Gasteiger partial charge in [0.25, 0.3) is 0 Å². The lowest BCUT2D eigenvalue weighted by atomic mass is 9.91. The van der Waals surface area contributed by atoms with Crippen LogP contribution in [0.3, 0.4) is 0 Å². The van der Waals surface area contributed by atoms with Crippen molar-refractivity contribution in [2.24, 2.45) is 0 Å². The van der Waals surface area contributed by atoms with Gasteiger partial charge in [0.1, 0.15) is 11.6 Å². The molecule has 2 aromatic rings. The van der Waals surface area contributed by atoms with Crippen LogP contribution >= 0.6 is 0 Å². The standard InChI is InChI=1S/C26H42N2O/c1-3-5-6-7-8-9-13-22-29-25-18-16-24(17-19-25)23(4-2)14-11-10-12-15-26-27-20-21-28-26/h16-21,23H,3-15,22H2,1-2H3,(H,27,28). The van der Waals surface area contributed by atoms with Gasteiger partial charge in [0.15, 0.2) is 0 Å². The Hall–Kier alpha value is -1.77. The lowest BCUT2D eigenvalue weighted by Crippen LogP contribution is -2.00. The molecule has 0 radical (unpaired) electrons. The second-order valence-electron chi connectivity index (χ2n) is 8.28. The average molecular weight is 399 g/mol. The van der Waals surface area contributed by atoms with E-state index in [1.807, 2.05) is 12.4 Å². The van der Waals surface area contributed by atoms with E-state index in [1.165, 1.54) is 82.6 Å². The first kappa shape index (κ1) is 23.5. The fourth-order valence-corrected chi connectivity index (χ4v) is 3.99. The molecule has 1 aromatic carbocycles. The molecule has 0 spiro atoms. The highest BCUT2D eigenvalue weighted by Crippen LogP contribution is 2.27. The first-order chi connectivity index (χ1) is 14.3. The van der Waals surface area contributed by atoms with Crippen LogP contribution in [-0.4, -0.2) is 16.6 Å². The van der Waals surface area contributed by atoms with Crippen LogP contribution in [-0.2, 0) is 6.42 Å². The van der Waals surface area contributed by atoms with Crippen LogP contribution in [0.1, 0.15) is 108 Å². The number of aryl methyl sites for hydroxylation is 1. The average Bonchev–Trinajstić information content (AvgIpc) is 3.27. The number of benzene rings is 1. The minimum atomic E-state index is 0.663. The number of rotatable bonds is 17. The van der Waals surface area contributed by atoms with Crippen molar-refractivity contribution < 1.29 is 4.74 Å². The minimum absolute atomic E-state index is 0.663. The first-order valence-electron chi connectivity index (χ1n) is 12.0. The molecular formula is C26H42N2O. The summed E-state index contributed by atoms with van der Waals surface area (Å²) >= 11 is 0. The molecule has 0 amide bonds. The van der Waals surface area contributed by atoms with E-state index in [2.05, 4.69) is 48.1 Å². The Morgan fingerprint density at radius 1 is 0.862 bits per heavy atom. The van der Waals surface area contributed by atoms with Crippen molar-refractivity contribution in [2.45, 2.75) is 103 Å². The van der Waals surface area contributed by atoms with E-state index >= 15 is 0 Å². The summed E-state index contributed by atoms with van der Waals surface area (Å²) in [7, 11) is 0. The van der Waals surface area contributed by atoms with Crippen molar-refractivity contribution in [3.05, 3.63) is 48.0 Å². The molecule has 1 atom stereocenters. The van der Waals surface area contributed by atoms with Gasteiger partial charge in [0.05, 0.1) is 6.61 Å². The molecule has 162 valence electrons. The normalized spacial score (nSPS) is 12.2. The Morgan fingerprint density at radius 3 is 2.28 bits per heavy atom. The number of unbranched alkanes of at least 4 members (excludes halogenated alkanes) is 8. The van der Waals surface area contributed by atoms with E-state index < -0.39 is 0 Å². The molecule has 1 heterocycles. The van der Waals surface area contributed by atoms with E-state index in [9.17, 15) is 0 Å². The fraction of sp³-hybridized carbons (Fsp3) is 0.654. The van der Waals surface area contributed by atoms with Crippen molar-refractivity contribution in [3.8, 4) is 5.75 Å². The van der Waals surface area contributed by atoms with Crippen molar-refractivity contribution in [1.29, 1.82) is 0 Å². The monoisotopic (exact) mass is 398 g/mol. The number of aromatic amines is 1. The summed E-state index contributed by atoms with van der Waals surface area (Å²) in [5.41, 5.74) is 1.46. The molecule has 1 aromatic heterocycles. The van der Waals surface area contributed by atoms with Gasteiger partial charge in [0.2, 0.25) is 0 Å². The highest BCUT2D eigenvalue weighted by molar-refractivity contribution is 5.29. The van der Waals surface area contributed by atoms with Crippen molar-refractivity contribution in [1.82, 2.24) is 9.97 Å². The van der Waals surface area contributed by atoms with Gasteiger partial charge in [-0.3, -0.25) is 0 Å². The van der Waals surface area contributed by atoms with Crippen LogP contribution in [0, 0.1) is 0 Å². The Bertz CT molecular complexity index is 606. The van der Waals surface area contributed by atoms with E-state index in [4.69, 9.17) is 4.74 Å². The SMILES string of the molecule is CCCCCCCCCOc1ccc(C(CC)CCCCCc2ncc[nH]2)cc1. The zero-order chi connectivity index (χ0) is 20.6. The van der Waals surface area contributed by atoms with Crippen LogP contribution in [0.4, 0.5) is 0 Å². The van der Waals surface area contributed by atoms with Gasteiger partial charge in [-0.1, -0.05) is 77.3 Å². The van der Waals surface area contributed by atoms with Crippen LogP contribution in [0.15, 0.2) is 36.7 Å². The maximum absolute atomic E-state index is 5.94. The summed E-state index contributed by atoms with van der Waals surface area (Å²) in [4.78, 5) is 7.49. The highest BCUT2D eigenvalue weighted by atomic mass is 16.5. The predicted molar refractivity (Wildman–Crippen MR) is 124 cm³/mol. The van der Waals surface area contributed by atoms with Gasteiger partial charge in [-0.05, 0) is 49.3 Å². The topological polar surface area (TPSA) is 37.9 Å². The lowest BCUT2D eigenvalue weighted by Gasteiger charge is -2.16. The molecule has 0 aliphatic heterocycles. The van der Waals surface area contributed by atoms with E-state index in [0.29, 0.717) is 5.92 Å². The number of ether oxygens (including phenoxy) is 1. The molecule has 3 nitrogen and oxygen atoms in total. The maximum Gasteiger partial charge on any atom is 0.119 e. The van der Waals surface area contributed by atoms with Crippen LogP contribution < -0.4 is 4.74 Å². The maximum atomic E-state index is 5.94. The van der Waals surface area contributed by atoms with Crippen molar-refractivity contribution in [3.63, 3.8) is 0 Å². The largest absolute Gasteiger partial charge is 0.494 e. The van der Waals surface area contributed by atoms with E-state index in [-0.39, 0.29) is 0 Å². The van der Waals surface area contributed by atoms with Crippen LogP contribution in [0.25, 0.3) is 0 Å². The fourth-order valence-electron chi connectivity index (χ4n) is 3.99. The number of nitrogens with one attached hydrogen (secondary N) is 1. The molecule has 2 rings (SSSR count). The number of imidazole rings is 1. The van der Waals surface area contributed by atoms with Crippen molar-refractivity contribution >= 4 is 0 Å². The zero-order valence-electron chi connectivity index (χ0n) is 18.8. The molecule has 0 saturated heterocycles. The van der Waals surface area contributed by atoms with Gasteiger partial charge < -0.3 is 9.72 Å². The Balaban J connectivity index is 1.58. The van der Waals surface area contributed by atoms with Gasteiger partial charge >= 0.3 is 0 Å².